The quantitative estimate of drug-likeness (QED) is 0.0894. The normalized spacial score (nSPS) is 15.0. The fraction of sp³-hybridized carbons (Fsp3) is 0.140. The molecule has 1 fully saturated rings. The largest absolute Gasteiger partial charge is 0.356 e. The minimum Gasteiger partial charge on any atom is -0.356 e. The molecule has 2 aliphatic rings. The number of imide groups is 2. The van der Waals surface area contributed by atoms with E-state index in [0.29, 0.717) is 35.7 Å². The summed E-state index contributed by atoms with van der Waals surface area (Å²) in [6, 6.07) is 28.3. The van der Waals surface area contributed by atoms with Crippen LogP contribution in [0, 0.1) is 6.92 Å². The SMILES string of the molecule is Cc1ccccc1Nc1ncc(C(=O)NCCc2ccc(Nc3ccc4c(c3)C(=O)N(C3CCC(=O)NC3=O)C4=O)cc2)cc1NC(=O)c1csc2ccccc12. The smallest absolute Gasteiger partial charge is 0.262 e. The number of amides is 6. The molecular formula is C43H35N7O6S. The second kappa shape index (κ2) is 15.5. The Balaban J connectivity index is 0.903. The molecule has 14 heteroatoms. The lowest BCUT2D eigenvalue weighted by molar-refractivity contribution is -0.136. The molecule has 4 aromatic carbocycles. The lowest BCUT2D eigenvalue weighted by atomic mass is 10.0. The van der Waals surface area contributed by atoms with Gasteiger partial charge in [0.05, 0.1) is 27.9 Å². The van der Waals surface area contributed by atoms with Crippen molar-refractivity contribution in [2.45, 2.75) is 32.2 Å². The van der Waals surface area contributed by atoms with Gasteiger partial charge in [-0.3, -0.25) is 39.0 Å². The number of aromatic nitrogens is 1. The lowest BCUT2D eigenvalue weighted by Gasteiger charge is -2.27. The maximum Gasteiger partial charge on any atom is 0.262 e. The van der Waals surface area contributed by atoms with Crippen molar-refractivity contribution in [2.24, 2.45) is 0 Å². The Morgan fingerprint density at radius 2 is 1.58 bits per heavy atom. The molecule has 0 bridgehead atoms. The highest BCUT2D eigenvalue weighted by atomic mass is 32.1. The third kappa shape index (κ3) is 7.58. The second-order valence-corrected chi connectivity index (χ2v) is 14.6. The third-order valence-electron chi connectivity index (χ3n) is 9.90. The predicted octanol–water partition coefficient (Wildman–Crippen LogP) is 6.72. The average molecular weight is 778 g/mol. The summed E-state index contributed by atoms with van der Waals surface area (Å²) in [4.78, 5) is 82.6. The summed E-state index contributed by atoms with van der Waals surface area (Å²) >= 11 is 1.49. The molecular weight excluding hydrogens is 743 g/mol. The number of hydrogen-bond acceptors (Lipinski definition) is 10. The molecule has 0 aliphatic carbocycles. The minimum atomic E-state index is -1.03. The van der Waals surface area contributed by atoms with Gasteiger partial charge in [0.25, 0.3) is 23.6 Å². The van der Waals surface area contributed by atoms with Crippen molar-refractivity contribution in [1.29, 1.82) is 0 Å². The van der Waals surface area contributed by atoms with E-state index in [4.69, 9.17) is 0 Å². The molecule has 0 radical (unpaired) electrons. The Kier molecular flexibility index (Phi) is 10.0. The van der Waals surface area contributed by atoms with E-state index in [1.54, 1.807) is 24.3 Å². The van der Waals surface area contributed by atoms with E-state index in [0.717, 1.165) is 37.5 Å². The van der Waals surface area contributed by atoms with Crippen LogP contribution in [0.4, 0.5) is 28.6 Å². The number of hydrogen-bond donors (Lipinski definition) is 5. The molecule has 0 spiro atoms. The maximum absolute atomic E-state index is 13.5. The Hall–Kier alpha value is -7.19. The molecule has 284 valence electrons. The lowest BCUT2D eigenvalue weighted by Crippen LogP contribution is -2.54. The van der Waals surface area contributed by atoms with E-state index in [1.807, 2.05) is 85.1 Å². The molecule has 6 aromatic rings. The van der Waals surface area contributed by atoms with E-state index < -0.39 is 29.7 Å². The number of benzene rings is 4. The number of fused-ring (bicyclic) bond motifs is 2. The van der Waals surface area contributed by atoms with Crippen molar-refractivity contribution in [3.05, 3.63) is 142 Å². The first kappa shape index (κ1) is 36.8. The van der Waals surface area contributed by atoms with Gasteiger partial charge in [0, 0.05) is 51.7 Å². The van der Waals surface area contributed by atoms with Crippen LogP contribution < -0.4 is 26.6 Å². The molecule has 8 rings (SSSR count). The fourth-order valence-electron chi connectivity index (χ4n) is 6.86. The zero-order valence-corrected chi connectivity index (χ0v) is 31.4. The van der Waals surface area contributed by atoms with E-state index >= 15 is 0 Å². The number of aryl methyl sites for hydroxylation is 1. The number of carbonyl (C=O) groups excluding carboxylic acids is 6. The predicted molar refractivity (Wildman–Crippen MR) is 217 cm³/mol. The Morgan fingerprint density at radius 1 is 0.825 bits per heavy atom. The highest BCUT2D eigenvalue weighted by Gasteiger charge is 2.44. The first-order valence-corrected chi connectivity index (χ1v) is 19.1. The van der Waals surface area contributed by atoms with Crippen molar-refractivity contribution in [3.8, 4) is 0 Å². The number of carbonyl (C=O) groups is 6. The van der Waals surface area contributed by atoms with Gasteiger partial charge in [-0.25, -0.2) is 4.98 Å². The highest BCUT2D eigenvalue weighted by Crippen LogP contribution is 2.32. The summed E-state index contributed by atoms with van der Waals surface area (Å²) in [5, 5.41) is 17.3. The standard InChI is InChI=1S/C43H35N7O6S/c1-24-6-2-4-8-33(24)47-38-34(48-40(53)32-23-57-36-9-5-3-7-29(32)36)20-26(22-45-38)39(52)44-19-18-25-10-12-27(13-11-25)46-28-14-15-30-31(21-28)43(56)50(42(30)55)35-16-17-37(51)49-41(35)54/h2-15,20-23,35,46H,16-19H2,1H3,(H,44,52)(H,45,47)(H,48,53)(H,49,51,54). The first-order chi connectivity index (χ1) is 27.6. The molecule has 2 aliphatic heterocycles. The molecule has 57 heavy (non-hydrogen) atoms. The molecule has 13 nitrogen and oxygen atoms in total. The zero-order valence-electron chi connectivity index (χ0n) is 30.6. The molecule has 1 saturated heterocycles. The molecule has 1 unspecified atom stereocenters. The van der Waals surface area contributed by atoms with Crippen LogP contribution in [0.15, 0.2) is 109 Å². The maximum atomic E-state index is 13.5. The molecule has 4 heterocycles. The number of para-hydroxylation sites is 1. The van der Waals surface area contributed by atoms with Crippen LogP contribution in [0.25, 0.3) is 10.1 Å². The number of nitrogens with zero attached hydrogens (tertiary/aromatic N) is 2. The molecule has 1 atom stereocenters. The minimum absolute atomic E-state index is 0.0496. The molecule has 6 amide bonds. The topological polar surface area (TPSA) is 179 Å². The summed E-state index contributed by atoms with van der Waals surface area (Å²) in [6.07, 6.45) is 2.14. The van der Waals surface area contributed by atoms with Crippen LogP contribution in [-0.4, -0.2) is 57.9 Å². The van der Waals surface area contributed by atoms with Gasteiger partial charge in [-0.2, -0.15) is 0 Å². The fourth-order valence-corrected chi connectivity index (χ4v) is 7.80. The highest BCUT2D eigenvalue weighted by molar-refractivity contribution is 7.17. The van der Waals surface area contributed by atoms with Crippen LogP contribution >= 0.6 is 11.3 Å². The Labute approximate surface area is 330 Å². The number of rotatable bonds is 11. The van der Waals surface area contributed by atoms with Gasteiger partial charge >= 0.3 is 0 Å². The van der Waals surface area contributed by atoms with Gasteiger partial charge in [-0.15, -0.1) is 11.3 Å². The van der Waals surface area contributed by atoms with Crippen molar-refractivity contribution in [3.63, 3.8) is 0 Å². The van der Waals surface area contributed by atoms with Crippen LogP contribution in [0.1, 0.15) is 65.4 Å². The summed E-state index contributed by atoms with van der Waals surface area (Å²) in [5.41, 5.74) is 5.63. The van der Waals surface area contributed by atoms with Crippen molar-refractivity contribution < 1.29 is 28.8 Å². The van der Waals surface area contributed by atoms with Crippen LogP contribution in [-0.2, 0) is 16.0 Å². The van der Waals surface area contributed by atoms with Crippen LogP contribution in [0.3, 0.4) is 0 Å². The van der Waals surface area contributed by atoms with Gasteiger partial charge in [-0.1, -0.05) is 48.5 Å². The van der Waals surface area contributed by atoms with Crippen molar-refractivity contribution in [2.75, 3.05) is 22.5 Å². The summed E-state index contributed by atoms with van der Waals surface area (Å²) in [7, 11) is 0. The molecule has 5 N–H and O–H groups in total. The average Bonchev–Trinajstić information content (AvgIpc) is 3.75. The number of piperidine rings is 1. The van der Waals surface area contributed by atoms with Gasteiger partial charge in [0.1, 0.15) is 6.04 Å². The van der Waals surface area contributed by atoms with Gasteiger partial charge in [-0.05, 0) is 79.4 Å². The van der Waals surface area contributed by atoms with Crippen molar-refractivity contribution in [1.82, 2.24) is 20.5 Å². The number of anilines is 5. The van der Waals surface area contributed by atoms with Crippen LogP contribution in [0.5, 0.6) is 0 Å². The van der Waals surface area contributed by atoms with Crippen molar-refractivity contribution >= 4 is 85.4 Å². The number of thiophene rings is 1. The second-order valence-electron chi connectivity index (χ2n) is 13.7. The van der Waals surface area contributed by atoms with E-state index in [9.17, 15) is 28.8 Å². The summed E-state index contributed by atoms with van der Waals surface area (Å²) in [6.45, 7) is 2.30. The molecule has 0 saturated carbocycles. The van der Waals surface area contributed by atoms with E-state index in [-0.39, 0.29) is 41.3 Å². The summed E-state index contributed by atoms with van der Waals surface area (Å²) in [5.74, 6) is -2.49. The Morgan fingerprint density at radius 3 is 2.39 bits per heavy atom. The molecule has 2 aromatic heterocycles. The number of pyridine rings is 1. The first-order valence-electron chi connectivity index (χ1n) is 18.2. The summed E-state index contributed by atoms with van der Waals surface area (Å²) < 4.78 is 0.996. The van der Waals surface area contributed by atoms with Gasteiger partial charge < -0.3 is 21.3 Å². The zero-order chi connectivity index (χ0) is 39.6. The third-order valence-corrected chi connectivity index (χ3v) is 10.9. The van der Waals surface area contributed by atoms with Gasteiger partial charge in [0.15, 0.2) is 5.82 Å². The van der Waals surface area contributed by atoms with Crippen LogP contribution in [0.2, 0.25) is 0 Å². The van der Waals surface area contributed by atoms with E-state index in [1.165, 1.54) is 17.5 Å². The van der Waals surface area contributed by atoms with Gasteiger partial charge in [0.2, 0.25) is 11.8 Å². The Bertz CT molecular complexity index is 2620. The number of nitrogens with one attached hydrogen (secondary N) is 5. The monoisotopic (exact) mass is 777 g/mol. The van der Waals surface area contributed by atoms with E-state index in [2.05, 4.69) is 31.6 Å².